The van der Waals surface area contributed by atoms with E-state index < -0.39 is 10.0 Å². The van der Waals surface area contributed by atoms with Gasteiger partial charge in [-0.25, -0.2) is 0 Å². The Hall–Kier alpha value is -2.30. The minimum Gasteiger partial charge on any atom is -0.296 e. The fraction of sp³-hybridized carbons (Fsp3) is 0. The number of sulfonamides is 1. The summed E-state index contributed by atoms with van der Waals surface area (Å²) >= 11 is 4.04. The normalized spacial score (nSPS) is 11.1. The van der Waals surface area contributed by atoms with Gasteiger partial charge in [-0.15, -0.1) is 10.2 Å². The number of para-hydroxylation sites is 1. The third-order valence-corrected chi connectivity index (χ3v) is 6.27. The number of carbonyl (C=O) groups is 1. The average Bonchev–Trinajstić information content (AvgIpc) is 3.07. The Kier molecular flexibility index (Phi) is 5.11. The van der Waals surface area contributed by atoms with Gasteiger partial charge in [-0.05, 0) is 40.2 Å². The fourth-order valence-corrected chi connectivity index (χ4v) is 4.35. The van der Waals surface area contributed by atoms with Gasteiger partial charge in [0.2, 0.25) is 5.13 Å². The van der Waals surface area contributed by atoms with Crippen LogP contribution in [0.25, 0.3) is 0 Å². The van der Waals surface area contributed by atoms with Gasteiger partial charge in [0.15, 0.2) is 0 Å². The number of benzene rings is 2. The SMILES string of the molecule is O=C(Nc1nnc(S(=O)(=O)Nc2ccccc2Br)s1)c1ccccc1. The lowest BCUT2D eigenvalue weighted by Gasteiger charge is -2.06. The van der Waals surface area contributed by atoms with Crippen LogP contribution in [0.15, 0.2) is 63.4 Å². The van der Waals surface area contributed by atoms with Crippen LogP contribution in [0.4, 0.5) is 10.8 Å². The van der Waals surface area contributed by atoms with Crippen molar-refractivity contribution < 1.29 is 13.2 Å². The molecular weight excluding hydrogens is 428 g/mol. The second-order valence-electron chi connectivity index (χ2n) is 4.78. The predicted molar refractivity (Wildman–Crippen MR) is 99.3 cm³/mol. The number of nitrogens with one attached hydrogen (secondary N) is 2. The van der Waals surface area contributed by atoms with Crippen molar-refractivity contribution in [3.8, 4) is 0 Å². The molecule has 1 heterocycles. The molecule has 0 atom stereocenters. The molecule has 1 amide bonds. The van der Waals surface area contributed by atoms with E-state index in [1.54, 1.807) is 54.6 Å². The average molecular weight is 439 g/mol. The van der Waals surface area contributed by atoms with Crippen molar-refractivity contribution in [3.05, 3.63) is 64.6 Å². The Balaban J connectivity index is 1.76. The number of rotatable bonds is 5. The summed E-state index contributed by atoms with van der Waals surface area (Å²) in [4.78, 5) is 12.1. The number of hydrogen-bond donors (Lipinski definition) is 2. The van der Waals surface area contributed by atoms with E-state index in [0.717, 1.165) is 11.3 Å². The first-order valence-corrected chi connectivity index (χ1v) is 10.0. The Labute approximate surface area is 156 Å². The van der Waals surface area contributed by atoms with Crippen LogP contribution in [0, 0.1) is 0 Å². The molecule has 128 valence electrons. The largest absolute Gasteiger partial charge is 0.296 e. The third-order valence-electron chi connectivity index (χ3n) is 3.01. The maximum atomic E-state index is 12.4. The van der Waals surface area contributed by atoms with Gasteiger partial charge in [-0.1, -0.05) is 41.7 Å². The predicted octanol–water partition coefficient (Wildman–Crippen LogP) is 3.35. The molecule has 0 aliphatic heterocycles. The van der Waals surface area contributed by atoms with Crippen LogP contribution in [-0.2, 0) is 10.0 Å². The van der Waals surface area contributed by atoms with Crippen LogP contribution in [0.3, 0.4) is 0 Å². The van der Waals surface area contributed by atoms with Crippen LogP contribution in [-0.4, -0.2) is 24.5 Å². The zero-order valence-corrected chi connectivity index (χ0v) is 15.7. The van der Waals surface area contributed by atoms with Crippen LogP contribution < -0.4 is 10.0 Å². The van der Waals surface area contributed by atoms with Crippen LogP contribution >= 0.6 is 27.3 Å². The molecule has 0 radical (unpaired) electrons. The van der Waals surface area contributed by atoms with Crippen LogP contribution in [0.2, 0.25) is 0 Å². The summed E-state index contributed by atoms with van der Waals surface area (Å²) in [5.74, 6) is -0.389. The van der Waals surface area contributed by atoms with E-state index in [0.29, 0.717) is 15.7 Å². The first-order valence-electron chi connectivity index (χ1n) is 6.93. The molecule has 25 heavy (non-hydrogen) atoms. The van der Waals surface area contributed by atoms with Gasteiger partial charge in [0.05, 0.1) is 5.69 Å². The number of aromatic nitrogens is 2. The van der Waals surface area contributed by atoms with E-state index in [9.17, 15) is 13.2 Å². The zero-order chi connectivity index (χ0) is 17.9. The van der Waals surface area contributed by atoms with E-state index in [1.165, 1.54) is 0 Å². The third kappa shape index (κ3) is 4.21. The van der Waals surface area contributed by atoms with Gasteiger partial charge in [-0.3, -0.25) is 14.8 Å². The van der Waals surface area contributed by atoms with Gasteiger partial charge in [-0.2, -0.15) is 8.42 Å². The van der Waals surface area contributed by atoms with Crippen LogP contribution in [0.1, 0.15) is 10.4 Å². The van der Waals surface area contributed by atoms with Gasteiger partial charge in [0.25, 0.3) is 20.3 Å². The Morgan fingerprint density at radius 3 is 2.40 bits per heavy atom. The molecule has 2 aromatic carbocycles. The highest BCUT2D eigenvalue weighted by Crippen LogP contribution is 2.27. The second kappa shape index (κ2) is 7.30. The lowest BCUT2D eigenvalue weighted by molar-refractivity contribution is 0.102. The molecule has 2 N–H and O–H groups in total. The quantitative estimate of drug-likeness (QED) is 0.594. The molecule has 1 aromatic heterocycles. The standard InChI is InChI=1S/C15H11BrN4O3S2/c16-11-8-4-5-9-12(11)20-25(22,23)15-19-18-14(24-15)17-13(21)10-6-2-1-3-7-10/h1-9,20H,(H,17,18,21). The van der Waals surface area contributed by atoms with E-state index in [4.69, 9.17) is 0 Å². The number of nitrogens with zero attached hydrogens (tertiary/aromatic N) is 2. The van der Waals surface area contributed by atoms with Gasteiger partial charge >= 0.3 is 0 Å². The molecule has 0 spiro atoms. The molecule has 3 rings (SSSR count). The molecule has 0 unspecified atom stereocenters. The Morgan fingerprint density at radius 1 is 1.00 bits per heavy atom. The smallest absolute Gasteiger partial charge is 0.291 e. The van der Waals surface area contributed by atoms with Crippen molar-refractivity contribution in [2.45, 2.75) is 4.34 Å². The first-order chi connectivity index (χ1) is 12.0. The van der Waals surface area contributed by atoms with Crippen molar-refractivity contribution in [3.63, 3.8) is 0 Å². The molecule has 3 aromatic rings. The Morgan fingerprint density at radius 2 is 1.68 bits per heavy atom. The molecule has 7 nitrogen and oxygen atoms in total. The number of amides is 1. The van der Waals surface area contributed by atoms with Crippen LogP contribution in [0.5, 0.6) is 0 Å². The van der Waals surface area contributed by atoms with Gasteiger partial charge in [0.1, 0.15) is 0 Å². The monoisotopic (exact) mass is 438 g/mol. The lowest BCUT2D eigenvalue weighted by Crippen LogP contribution is -2.13. The maximum absolute atomic E-state index is 12.4. The molecule has 0 aliphatic carbocycles. The van der Waals surface area contributed by atoms with E-state index >= 15 is 0 Å². The number of anilines is 2. The van der Waals surface area contributed by atoms with Crippen molar-refractivity contribution in [1.29, 1.82) is 0 Å². The summed E-state index contributed by atoms with van der Waals surface area (Å²) in [5.41, 5.74) is 0.820. The summed E-state index contributed by atoms with van der Waals surface area (Å²) in [6, 6.07) is 15.3. The summed E-state index contributed by atoms with van der Waals surface area (Å²) in [7, 11) is -3.90. The van der Waals surface area contributed by atoms with Crippen molar-refractivity contribution in [2.75, 3.05) is 10.0 Å². The number of carbonyl (C=O) groups excluding carboxylic acids is 1. The molecule has 0 fully saturated rings. The molecule has 0 saturated carbocycles. The van der Waals surface area contributed by atoms with E-state index in [1.807, 2.05) is 0 Å². The zero-order valence-electron chi connectivity index (χ0n) is 12.5. The molecule has 0 saturated heterocycles. The summed E-state index contributed by atoms with van der Waals surface area (Å²) in [6.45, 7) is 0. The maximum Gasteiger partial charge on any atom is 0.291 e. The minimum atomic E-state index is -3.90. The highest BCUT2D eigenvalue weighted by atomic mass is 79.9. The fourth-order valence-electron chi connectivity index (χ4n) is 1.86. The summed E-state index contributed by atoms with van der Waals surface area (Å²) in [6.07, 6.45) is 0. The van der Waals surface area contributed by atoms with Gasteiger partial charge in [0, 0.05) is 10.0 Å². The van der Waals surface area contributed by atoms with Gasteiger partial charge < -0.3 is 0 Å². The number of hydrogen-bond acceptors (Lipinski definition) is 6. The minimum absolute atomic E-state index is 0.0985. The highest BCUT2D eigenvalue weighted by molar-refractivity contribution is 9.10. The number of halogens is 1. The first kappa shape index (κ1) is 17.5. The Bertz CT molecular complexity index is 1010. The van der Waals surface area contributed by atoms with Crippen molar-refractivity contribution in [1.82, 2.24) is 10.2 Å². The molecular formula is C15H11BrN4O3S2. The highest BCUT2D eigenvalue weighted by Gasteiger charge is 2.22. The van der Waals surface area contributed by atoms with E-state index in [2.05, 4.69) is 36.2 Å². The topological polar surface area (TPSA) is 101 Å². The van der Waals surface area contributed by atoms with Crippen molar-refractivity contribution in [2.24, 2.45) is 0 Å². The van der Waals surface area contributed by atoms with Crippen molar-refractivity contribution >= 4 is 54.0 Å². The lowest BCUT2D eigenvalue weighted by atomic mass is 10.2. The van der Waals surface area contributed by atoms with E-state index in [-0.39, 0.29) is 15.4 Å². The molecule has 0 aliphatic rings. The molecule has 0 bridgehead atoms. The second-order valence-corrected chi connectivity index (χ2v) is 8.47. The summed E-state index contributed by atoms with van der Waals surface area (Å²) in [5, 5.41) is 10.00. The molecule has 10 heteroatoms. The summed E-state index contributed by atoms with van der Waals surface area (Å²) < 4.78 is 27.5.